The van der Waals surface area contributed by atoms with E-state index in [0.717, 1.165) is 29.5 Å². The molecule has 6 nitrogen and oxygen atoms in total. The molecule has 0 spiro atoms. The molecule has 1 heterocycles. The number of hydrogen-bond donors (Lipinski definition) is 2. The molecule has 2 aromatic rings. The van der Waals surface area contributed by atoms with Gasteiger partial charge in [0.2, 0.25) is 5.88 Å². The van der Waals surface area contributed by atoms with E-state index in [0.29, 0.717) is 25.6 Å². The Balaban J connectivity index is 1.80. The number of methoxy groups -OCH3 is 1. The van der Waals surface area contributed by atoms with Gasteiger partial charge < -0.3 is 20.1 Å². The van der Waals surface area contributed by atoms with E-state index < -0.39 is 0 Å². The molecule has 1 aromatic carbocycles. The van der Waals surface area contributed by atoms with E-state index in [4.69, 9.17) is 21.1 Å². The molecule has 0 aliphatic rings. The Morgan fingerprint density at radius 2 is 1.96 bits per heavy atom. The second-order valence-corrected chi connectivity index (χ2v) is 5.97. The summed E-state index contributed by atoms with van der Waals surface area (Å²) in [5.74, 6) is 1.33. The molecule has 0 saturated heterocycles. The van der Waals surface area contributed by atoms with Crippen LogP contribution in [0.15, 0.2) is 47.6 Å². The Kier molecular flexibility index (Phi) is 8.72. The summed E-state index contributed by atoms with van der Waals surface area (Å²) in [7, 11) is 3.39. The molecule has 0 unspecified atom stereocenters. The number of ether oxygens (including phenoxy) is 2. The van der Waals surface area contributed by atoms with Gasteiger partial charge in [0.05, 0.1) is 6.61 Å². The Morgan fingerprint density at radius 1 is 1.15 bits per heavy atom. The topological polar surface area (TPSA) is 67.8 Å². The van der Waals surface area contributed by atoms with Gasteiger partial charge >= 0.3 is 0 Å². The minimum atomic E-state index is 0.467. The summed E-state index contributed by atoms with van der Waals surface area (Å²) < 4.78 is 10.6. The summed E-state index contributed by atoms with van der Waals surface area (Å²) in [5, 5.41) is 7.33. The number of benzene rings is 1. The van der Waals surface area contributed by atoms with Crippen LogP contribution in [0, 0.1) is 0 Å². The number of hydrogen-bond acceptors (Lipinski definition) is 4. The third kappa shape index (κ3) is 6.90. The van der Waals surface area contributed by atoms with Crippen molar-refractivity contribution in [1.29, 1.82) is 0 Å². The van der Waals surface area contributed by atoms with Gasteiger partial charge in [-0.2, -0.15) is 0 Å². The van der Waals surface area contributed by atoms with Crippen LogP contribution >= 0.6 is 11.6 Å². The molecule has 0 aliphatic carbocycles. The molecule has 0 radical (unpaired) electrons. The number of aliphatic imine (C=N–C) groups is 1. The van der Waals surface area contributed by atoms with Crippen molar-refractivity contribution in [3.8, 4) is 5.88 Å². The standard InChI is InChI=1S/C19H25ClN4O2/c1-21-19(23-11-9-15-5-7-17(20)8-6-15)24-14-16-4-3-10-22-18(16)26-13-12-25-2/h3-8,10H,9,11-14H2,1-2H3,(H2,21,23,24). The second kappa shape index (κ2) is 11.3. The van der Waals surface area contributed by atoms with Crippen molar-refractivity contribution in [1.82, 2.24) is 15.6 Å². The number of aromatic nitrogens is 1. The summed E-state index contributed by atoms with van der Waals surface area (Å²) in [6, 6.07) is 11.7. The van der Waals surface area contributed by atoms with Crippen LogP contribution in [-0.2, 0) is 17.7 Å². The van der Waals surface area contributed by atoms with Crippen LogP contribution in [0.2, 0.25) is 5.02 Å². The third-order valence-electron chi connectivity index (χ3n) is 3.67. The highest BCUT2D eigenvalue weighted by Crippen LogP contribution is 2.13. The Morgan fingerprint density at radius 3 is 2.69 bits per heavy atom. The van der Waals surface area contributed by atoms with Crippen molar-refractivity contribution >= 4 is 17.6 Å². The van der Waals surface area contributed by atoms with Crippen LogP contribution in [-0.4, -0.2) is 44.9 Å². The van der Waals surface area contributed by atoms with Crippen LogP contribution in [0.4, 0.5) is 0 Å². The van der Waals surface area contributed by atoms with Crippen LogP contribution < -0.4 is 15.4 Å². The number of nitrogens with one attached hydrogen (secondary N) is 2. The predicted octanol–water partition coefficient (Wildman–Crippen LogP) is 2.67. The SMILES string of the molecule is CN=C(NCCc1ccc(Cl)cc1)NCc1cccnc1OCCOC. The van der Waals surface area contributed by atoms with E-state index in [9.17, 15) is 0 Å². The average molecular weight is 377 g/mol. The van der Waals surface area contributed by atoms with Crippen LogP contribution in [0.3, 0.4) is 0 Å². The Hall–Kier alpha value is -2.31. The predicted molar refractivity (Wildman–Crippen MR) is 105 cm³/mol. The zero-order valence-corrected chi connectivity index (χ0v) is 15.9. The van der Waals surface area contributed by atoms with Gasteiger partial charge in [-0.15, -0.1) is 0 Å². The largest absolute Gasteiger partial charge is 0.475 e. The molecule has 1 aromatic heterocycles. The number of guanidine groups is 1. The quantitative estimate of drug-likeness (QED) is 0.400. The van der Waals surface area contributed by atoms with Crippen LogP contribution in [0.5, 0.6) is 5.88 Å². The summed E-state index contributed by atoms with van der Waals surface area (Å²) in [5.41, 5.74) is 2.18. The van der Waals surface area contributed by atoms with E-state index in [1.165, 1.54) is 5.56 Å². The molecule has 0 fully saturated rings. The van der Waals surface area contributed by atoms with E-state index in [1.54, 1.807) is 20.4 Å². The lowest BCUT2D eigenvalue weighted by molar-refractivity contribution is 0.143. The average Bonchev–Trinajstić information content (AvgIpc) is 2.67. The molecule has 140 valence electrons. The lowest BCUT2D eigenvalue weighted by Crippen LogP contribution is -2.38. The second-order valence-electron chi connectivity index (χ2n) is 5.54. The number of halogens is 1. The lowest BCUT2D eigenvalue weighted by atomic mass is 10.1. The molecule has 7 heteroatoms. The molecular weight excluding hydrogens is 352 g/mol. The maximum atomic E-state index is 5.90. The fourth-order valence-corrected chi connectivity index (χ4v) is 2.41. The summed E-state index contributed by atoms with van der Waals surface area (Å²) in [6.07, 6.45) is 2.60. The molecule has 0 saturated carbocycles. The van der Waals surface area contributed by atoms with Gasteiger partial charge in [-0.05, 0) is 30.2 Å². The van der Waals surface area contributed by atoms with Gasteiger partial charge in [0.1, 0.15) is 6.61 Å². The maximum Gasteiger partial charge on any atom is 0.218 e. The zero-order chi connectivity index (χ0) is 18.6. The Bertz CT molecular complexity index is 692. The van der Waals surface area contributed by atoms with Crippen molar-refractivity contribution < 1.29 is 9.47 Å². The first-order valence-electron chi connectivity index (χ1n) is 8.47. The van der Waals surface area contributed by atoms with Crippen molar-refractivity contribution in [2.75, 3.05) is 33.9 Å². The number of rotatable bonds is 9. The van der Waals surface area contributed by atoms with Gasteiger partial charge in [-0.25, -0.2) is 4.98 Å². The fraction of sp³-hybridized carbons (Fsp3) is 0.368. The lowest BCUT2D eigenvalue weighted by Gasteiger charge is -2.14. The minimum Gasteiger partial charge on any atom is -0.475 e. The maximum absolute atomic E-state index is 5.90. The van der Waals surface area contributed by atoms with Crippen LogP contribution in [0.25, 0.3) is 0 Å². The number of nitrogens with zero attached hydrogens (tertiary/aromatic N) is 2. The normalized spacial score (nSPS) is 11.3. The highest BCUT2D eigenvalue weighted by atomic mass is 35.5. The van der Waals surface area contributed by atoms with E-state index in [-0.39, 0.29) is 0 Å². The third-order valence-corrected chi connectivity index (χ3v) is 3.92. The molecule has 2 N–H and O–H groups in total. The van der Waals surface area contributed by atoms with Crippen molar-refractivity contribution in [3.05, 3.63) is 58.7 Å². The first kappa shape index (κ1) is 20.0. The molecular formula is C19H25ClN4O2. The van der Waals surface area contributed by atoms with Gasteiger partial charge in [-0.3, -0.25) is 4.99 Å². The highest BCUT2D eigenvalue weighted by molar-refractivity contribution is 6.30. The van der Waals surface area contributed by atoms with Gasteiger partial charge in [0.25, 0.3) is 0 Å². The molecule has 0 atom stereocenters. The first-order chi connectivity index (χ1) is 12.7. The summed E-state index contributed by atoms with van der Waals surface area (Å²) >= 11 is 5.90. The van der Waals surface area contributed by atoms with Crippen molar-refractivity contribution in [3.63, 3.8) is 0 Å². The molecule has 2 rings (SSSR count). The van der Waals surface area contributed by atoms with E-state index in [1.807, 2.05) is 36.4 Å². The van der Waals surface area contributed by atoms with Crippen molar-refractivity contribution in [2.45, 2.75) is 13.0 Å². The fourth-order valence-electron chi connectivity index (χ4n) is 2.29. The molecule has 0 bridgehead atoms. The molecule has 0 aliphatic heterocycles. The molecule has 26 heavy (non-hydrogen) atoms. The van der Waals surface area contributed by atoms with Crippen LogP contribution in [0.1, 0.15) is 11.1 Å². The van der Waals surface area contributed by atoms with Gasteiger partial charge in [0, 0.05) is 44.0 Å². The van der Waals surface area contributed by atoms with E-state index in [2.05, 4.69) is 20.6 Å². The summed E-state index contributed by atoms with van der Waals surface area (Å²) in [6.45, 7) is 2.33. The monoisotopic (exact) mass is 376 g/mol. The van der Waals surface area contributed by atoms with Gasteiger partial charge in [0.15, 0.2) is 5.96 Å². The first-order valence-corrected chi connectivity index (χ1v) is 8.85. The highest BCUT2D eigenvalue weighted by Gasteiger charge is 2.06. The zero-order valence-electron chi connectivity index (χ0n) is 15.2. The van der Waals surface area contributed by atoms with Crippen molar-refractivity contribution in [2.24, 2.45) is 4.99 Å². The number of pyridine rings is 1. The van der Waals surface area contributed by atoms with E-state index >= 15 is 0 Å². The Labute approximate surface area is 159 Å². The van der Waals surface area contributed by atoms with Gasteiger partial charge in [-0.1, -0.05) is 29.8 Å². The summed E-state index contributed by atoms with van der Waals surface area (Å²) in [4.78, 5) is 8.52. The smallest absolute Gasteiger partial charge is 0.218 e. The molecule has 0 amide bonds. The minimum absolute atomic E-state index is 0.467.